The zero-order valence-electron chi connectivity index (χ0n) is 13.6. The van der Waals surface area contributed by atoms with Gasteiger partial charge in [-0.25, -0.2) is 22.8 Å². The minimum atomic E-state index is -3.49. The fourth-order valence-corrected chi connectivity index (χ4v) is 4.51. The van der Waals surface area contributed by atoms with E-state index in [9.17, 15) is 12.8 Å². The monoisotopic (exact) mass is 370 g/mol. The van der Waals surface area contributed by atoms with Crippen molar-refractivity contribution < 1.29 is 12.8 Å². The van der Waals surface area contributed by atoms with Crippen LogP contribution in [0.1, 0.15) is 12.8 Å². The predicted molar refractivity (Wildman–Crippen MR) is 95.3 cm³/mol. The highest BCUT2D eigenvalue weighted by molar-refractivity contribution is 7.92. The standard InChI is InChI=1S/C18H15FN4O2S/c19-15-8-11(3-6-14(15)16-9-23-17(20)10-22-16)13-2-1-7-21-18(13)26(24,25)12-4-5-12/h1-3,6-10,12H,4-5H2,(H2,20,23). The molecule has 132 valence electrons. The second-order valence-electron chi connectivity index (χ2n) is 6.12. The third-order valence-electron chi connectivity index (χ3n) is 4.23. The molecule has 0 spiro atoms. The molecule has 1 aromatic carbocycles. The molecule has 1 aliphatic carbocycles. The van der Waals surface area contributed by atoms with Crippen molar-refractivity contribution in [2.75, 3.05) is 5.73 Å². The van der Waals surface area contributed by atoms with E-state index in [0.717, 1.165) is 0 Å². The smallest absolute Gasteiger partial charge is 0.199 e. The molecule has 1 saturated carbocycles. The Hall–Kier alpha value is -2.87. The molecule has 0 unspecified atom stereocenters. The van der Waals surface area contributed by atoms with Crippen molar-refractivity contribution in [2.45, 2.75) is 23.1 Å². The fourth-order valence-electron chi connectivity index (χ4n) is 2.74. The molecule has 0 bridgehead atoms. The normalized spacial score (nSPS) is 14.3. The summed E-state index contributed by atoms with van der Waals surface area (Å²) in [6, 6.07) is 7.76. The second-order valence-corrected chi connectivity index (χ2v) is 8.26. The van der Waals surface area contributed by atoms with Gasteiger partial charge in [-0.1, -0.05) is 6.07 Å². The van der Waals surface area contributed by atoms with Crippen molar-refractivity contribution in [2.24, 2.45) is 0 Å². The van der Waals surface area contributed by atoms with Crippen molar-refractivity contribution in [1.29, 1.82) is 0 Å². The number of pyridine rings is 1. The van der Waals surface area contributed by atoms with Gasteiger partial charge in [-0.05, 0) is 42.7 Å². The molecule has 1 fully saturated rings. The highest BCUT2D eigenvalue weighted by atomic mass is 32.2. The summed E-state index contributed by atoms with van der Waals surface area (Å²) in [5, 5.41) is -0.382. The van der Waals surface area contributed by atoms with E-state index in [2.05, 4.69) is 15.0 Å². The van der Waals surface area contributed by atoms with Gasteiger partial charge in [-0.2, -0.15) is 0 Å². The summed E-state index contributed by atoms with van der Waals surface area (Å²) in [6.45, 7) is 0. The molecule has 0 atom stereocenters. The van der Waals surface area contributed by atoms with Gasteiger partial charge in [0.05, 0.1) is 23.3 Å². The zero-order valence-corrected chi connectivity index (χ0v) is 14.4. The summed E-state index contributed by atoms with van der Waals surface area (Å²) in [5.41, 5.74) is 6.95. The Morgan fingerprint density at radius 3 is 2.50 bits per heavy atom. The number of halogens is 1. The molecule has 0 amide bonds. The van der Waals surface area contributed by atoms with E-state index in [-0.39, 0.29) is 21.7 Å². The third kappa shape index (κ3) is 2.92. The van der Waals surface area contributed by atoms with Crippen LogP contribution < -0.4 is 5.73 Å². The van der Waals surface area contributed by atoms with E-state index < -0.39 is 15.7 Å². The van der Waals surface area contributed by atoms with E-state index in [1.54, 1.807) is 24.3 Å². The van der Waals surface area contributed by atoms with Crippen molar-refractivity contribution in [3.05, 3.63) is 54.7 Å². The molecule has 2 N–H and O–H groups in total. The molecule has 8 heteroatoms. The molecule has 26 heavy (non-hydrogen) atoms. The van der Waals surface area contributed by atoms with E-state index in [1.165, 1.54) is 24.7 Å². The van der Waals surface area contributed by atoms with E-state index >= 15 is 0 Å². The van der Waals surface area contributed by atoms with Crippen LogP contribution in [0.15, 0.2) is 53.9 Å². The van der Waals surface area contributed by atoms with Crippen LogP contribution in [0, 0.1) is 5.82 Å². The Bertz CT molecular complexity index is 1080. The fraction of sp³-hybridized carbons (Fsp3) is 0.167. The summed E-state index contributed by atoms with van der Waals surface area (Å²) in [5.74, 6) is -0.281. The minimum Gasteiger partial charge on any atom is -0.382 e. The lowest BCUT2D eigenvalue weighted by atomic mass is 10.0. The van der Waals surface area contributed by atoms with Crippen LogP contribution in [0.3, 0.4) is 0 Å². The number of hydrogen-bond acceptors (Lipinski definition) is 6. The highest BCUT2D eigenvalue weighted by Crippen LogP contribution is 2.37. The Balaban J connectivity index is 1.78. The molecule has 3 aromatic rings. The number of benzene rings is 1. The van der Waals surface area contributed by atoms with Crippen LogP contribution in [0.4, 0.5) is 10.2 Å². The van der Waals surface area contributed by atoms with Crippen molar-refractivity contribution >= 4 is 15.7 Å². The zero-order chi connectivity index (χ0) is 18.3. The van der Waals surface area contributed by atoms with Crippen LogP contribution in [0.25, 0.3) is 22.4 Å². The molecular formula is C18H15FN4O2S. The first-order chi connectivity index (χ1) is 12.5. The average Bonchev–Trinajstić information content (AvgIpc) is 3.48. The Labute approximate surface area is 149 Å². The minimum absolute atomic E-state index is 0.00178. The average molecular weight is 370 g/mol. The van der Waals surface area contributed by atoms with E-state index in [4.69, 9.17) is 5.73 Å². The van der Waals surface area contributed by atoms with Crippen molar-refractivity contribution in [1.82, 2.24) is 15.0 Å². The summed E-state index contributed by atoms with van der Waals surface area (Å²) in [7, 11) is -3.49. The molecule has 0 saturated heterocycles. The molecule has 0 aliphatic heterocycles. The van der Waals surface area contributed by atoms with Gasteiger partial charge >= 0.3 is 0 Å². The number of sulfone groups is 1. The highest BCUT2D eigenvalue weighted by Gasteiger charge is 2.39. The quantitative estimate of drug-likeness (QED) is 0.758. The summed E-state index contributed by atoms with van der Waals surface area (Å²) < 4.78 is 39.9. The number of anilines is 1. The molecular weight excluding hydrogens is 355 g/mol. The number of rotatable bonds is 4. The van der Waals surface area contributed by atoms with Crippen LogP contribution in [0.2, 0.25) is 0 Å². The summed E-state index contributed by atoms with van der Waals surface area (Å²) >= 11 is 0. The van der Waals surface area contributed by atoms with Crippen LogP contribution in [-0.2, 0) is 9.84 Å². The number of nitrogens with zero attached hydrogens (tertiary/aromatic N) is 3. The maximum absolute atomic E-state index is 14.7. The van der Waals surface area contributed by atoms with Crippen LogP contribution in [0.5, 0.6) is 0 Å². The lowest BCUT2D eigenvalue weighted by Crippen LogP contribution is -2.10. The summed E-state index contributed by atoms with van der Waals surface area (Å²) in [6.07, 6.45) is 5.46. The van der Waals surface area contributed by atoms with Crippen LogP contribution >= 0.6 is 0 Å². The van der Waals surface area contributed by atoms with Gasteiger partial charge in [0.25, 0.3) is 0 Å². The number of aromatic nitrogens is 3. The molecule has 6 nitrogen and oxygen atoms in total. The first-order valence-corrected chi connectivity index (χ1v) is 9.58. The van der Waals surface area contributed by atoms with Gasteiger partial charge in [0.15, 0.2) is 14.9 Å². The molecule has 2 aromatic heterocycles. The van der Waals surface area contributed by atoms with E-state index in [0.29, 0.717) is 29.7 Å². The predicted octanol–water partition coefficient (Wildman–Crippen LogP) is 2.86. The summed E-state index contributed by atoms with van der Waals surface area (Å²) in [4.78, 5) is 12.0. The lowest BCUT2D eigenvalue weighted by Gasteiger charge is -2.10. The maximum atomic E-state index is 14.7. The molecule has 4 rings (SSSR count). The first kappa shape index (κ1) is 16.6. The molecule has 1 aliphatic rings. The van der Waals surface area contributed by atoms with Gasteiger partial charge in [0.1, 0.15) is 11.6 Å². The van der Waals surface area contributed by atoms with Gasteiger partial charge in [0.2, 0.25) is 0 Å². The molecule has 2 heterocycles. The topological polar surface area (TPSA) is 98.8 Å². The van der Waals surface area contributed by atoms with Crippen molar-refractivity contribution in [3.63, 3.8) is 0 Å². The largest absolute Gasteiger partial charge is 0.382 e. The first-order valence-electron chi connectivity index (χ1n) is 8.03. The third-order valence-corrected chi connectivity index (χ3v) is 6.45. The second kappa shape index (κ2) is 6.14. The van der Waals surface area contributed by atoms with E-state index in [1.807, 2.05) is 0 Å². The number of nitrogen functional groups attached to an aromatic ring is 1. The maximum Gasteiger partial charge on any atom is 0.199 e. The van der Waals surface area contributed by atoms with Crippen molar-refractivity contribution in [3.8, 4) is 22.4 Å². The Morgan fingerprint density at radius 2 is 1.85 bits per heavy atom. The number of nitrogens with two attached hydrogens (primary N) is 1. The Morgan fingerprint density at radius 1 is 1.04 bits per heavy atom. The van der Waals surface area contributed by atoms with Gasteiger partial charge in [0, 0.05) is 17.3 Å². The lowest BCUT2D eigenvalue weighted by molar-refractivity contribution is 0.591. The SMILES string of the molecule is Nc1cnc(-c2ccc(-c3cccnc3S(=O)(=O)C3CC3)cc2F)cn1. The van der Waals surface area contributed by atoms with Gasteiger partial charge in [-0.15, -0.1) is 0 Å². The molecule has 0 radical (unpaired) electrons. The van der Waals surface area contributed by atoms with Gasteiger partial charge in [-0.3, -0.25) is 4.98 Å². The van der Waals surface area contributed by atoms with Crippen LogP contribution in [-0.4, -0.2) is 28.6 Å². The Kier molecular flexibility index (Phi) is 3.91. The van der Waals surface area contributed by atoms with Gasteiger partial charge < -0.3 is 5.73 Å². The number of hydrogen-bond donors (Lipinski definition) is 1.